The topological polar surface area (TPSA) is 51.4 Å². The molecule has 1 heterocycles. The summed E-state index contributed by atoms with van der Waals surface area (Å²) in [5.74, 6) is 0.689. The maximum Gasteiger partial charge on any atom is 0.144 e. The lowest BCUT2D eigenvalue weighted by Crippen LogP contribution is -2.09. The maximum absolute atomic E-state index is 5.92. The Labute approximate surface area is 113 Å². The van der Waals surface area contributed by atoms with Gasteiger partial charge in [0, 0.05) is 31.5 Å². The molecule has 0 unspecified atom stereocenters. The van der Waals surface area contributed by atoms with Crippen LogP contribution in [0.2, 0.25) is 0 Å². The van der Waals surface area contributed by atoms with Gasteiger partial charge in [0.2, 0.25) is 0 Å². The van der Waals surface area contributed by atoms with Crippen LogP contribution < -0.4 is 15.4 Å². The molecule has 0 aliphatic rings. The number of hydrogen-bond donors (Lipinski definition) is 1. The Morgan fingerprint density at radius 3 is 2.68 bits per heavy atom. The number of nitrogens with two attached hydrogens (primary N) is 1. The fourth-order valence-electron chi connectivity index (χ4n) is 1.76. The van der Waals surface area contributed by atoms with E-state index in [4.69, 9.17) is 10.5 Å². The molecule has 1 aromatic heterocycles. The molecule has 4 heteroatoms. The van der Waals surface area contributed by atoms with E-state index in [9.17, 15) is 0 Å². The van der Waals surface area contributed by atoms with Crippen LogP contribution in [0.25, 0.3) is 0 Å². The summed E-state index contributed by atoms with van der Waals surface area (Å²) in [6.07, 6.45) is 0. The van der Waals surface area contributed by atoms with E-state index in [-0.39, 0.29) is 0 Å². The van der Waals surface area contributed by atoms with Crippen molar-refractivity contribution in [1.82, 2.24) is 4.98 Å². The zero-order valence-corrected chi connectivity index (χ0v) is 11.6. The van der Waals surface area contributed by atoms with Crippen molar-refractivity contribution >= 4 is 11.4 Å². The Bertz CT molecular complexity index is 567. The Kier molecular flexibility index (Phi) is 3.90. The largest absolute Gasteiger partial charge is 0.485 e. The summed E-state index contributed by atoms with van der Waals surface area (Å²) in [4.78, 5) is 6.41. The Morgan fingerprint density at radius 2 is 2.00 bits per heavy atom. The molecule has 100 valence electrons. The first kappa shape index (κ1) is 13.2. The first-order chi connectivity index (χ1) is 9.06. The highest BCUT2D eigenvalue weighted by Gasteiger charge is 2.05. The van der Waals surface area contributed by atoms with Gasteiger partial charge in [-0.25, -0.2) is 0 Å². The van der Waals surface area contributed by atoms with Crippen molar-refractivity contribution in [2.45, 2.75) is 13.5 Å². The van der Waals surface area contributed by atoms with E-state index in [0.717, 1.165) is 17.1 Å². The molecule has 0 aliphatic carbocycles. The number of anilines is 2. The van der Waals surface area contributed by atoms with Gasteiger partial charge in [0.05, 0.1) is 11.4 Å². The fourth-order valence-corrected chi connectivity index (χ4v) is 1.76. The van der Waals surface area contributed by atoms with E-state index in [0.29, 0.717) is 18.0 Å². The van der Waals surface area contributed by atoms with Crippen LogP contribution in [-0.2, 0) is 6.61 Å². The average Bonchev–Trinajstić information content (AvgIpc) is 2.37. The van der Waals surface area contributed by atoms with Crippen molar-refractivity contribution in [3.8, 4) is 5.75 Å². The van der Waals surface area contributed by atoms with E-state index >= 15 is 0 Å². The molecular weight excluding hydrogens is 238 g/mol. The summed E-state index contributed by atoms with van der Waals surface area (Å²) < 4.78 is 5.75. The minimum Gasteiger partial charge on any atom is -0.485 e. The molecule has 0 bridgehead atoms. The van der Waals surface area contributed by atoms with Crippen molar-refractivity contribution in [1.29, 1.82) is 0 Å². The van der Waals surface area contributed by atoms with Crippen molar-refractivity contribution in [3.05, 3.63) is 47.8 Å². The number of rotatable bonds is 4. The van der Waals surface area contributed by atoms with Gasteiger partial charge in [-0.3, -0.25) is 4.98 Å². The van der Waals surface area contributed by atoms with E-state index in [1.807, 2.05) is 62.3 Å². The molecular formula is C15H19N3O. The van der Waals surface area contributed by atoms with Gasteiger partial charge in [0.15, 0.2) is 0 Å². The highest BCUT2D eigenvalue weighted by molar-refractivity contribution is 5.61. The van der Waals surface area contributed by atoms with Crippen molar-refractivity contribution < 1.29 is 4.74 Å². The Morgan fingerprint density at radius 1 is 1.21 bits per heavy atom. The summed E-state index contributed by atoms with van der Waals surface area (Å²) in [6, 6.07) is 11.6. The van der Waals surface area contributed by atoms with E-state index in [2.05, 4.69) is 4.98 Å². The van der Waals surface area contributed by atoms with Crippen LogP contribution in [0, 0.1) is 6.92 Å². The number of aromatic nitrogens is 1. The molecule has 0 saturated heterocycles. The molecule has 0 atom stereocenters. The summed E-state index contributed by atoms with van der Waals surface area (Å²) in [5, 5.41) is 0. The maximum atomic E-state index is 5.92. The van der Waals surface area contributed by atoms with Crippen LogP contribution in [0.1, 0.15) is 11.4 Å². The van der Waals surface area contributed by atoms with Crippen LogP contribution in [0.5, 0.6) is 5.75 Å². The summed E-state index contributed by atoms with van der Waals surface area (Å²) >= 11 is 0. The van der Waals surface area contributed by atoms with Crippen LogP contribution >= 0.6 is 0 Å². The second-order valence-corrected chi connectivity index (χ2v) is 4.68. The molecule has 0 radical (unpaired) electrons. The van der Waals surface area contributed by atoms with E-state index in [1.54, 1.807) is 0 Å². The molecule has 0 fully saturated rings. The number of aryl methyl sites for hydroxylation is 1. The lowest BCUT2D eigenvalue weighted by atomic mass is 10.2. The molecule has 4 nitrogen and oxygen atoms in total. The van der Waals surface area contributed by atoms with Crippen molar-refractivity contribution in [3.63, 3.8) is 0 Å². The van der Waals surface area contributed by atoms with Gasteiger partial charge in [-0.1, -0.05) is 6.07 Å². The smallest absolute Gasteiger partial charge is 0.144 e. The van der Waals surface area contributed by atoms with Crippen LogP contribution in [0.15, 0.2) is 36.4 Å². The highest BCUT2D eigenvalue weighted by atomic mass is 16.5. The zero-order valence-electron chi connectivity index (χ0n) is 11.6. The van der Waals surface area contributed by atoms with Crippen molar-refractivity contribution in [2.75, 3.05) is 24.7 Å². The fraction of sp³-hybridized carbons (Fsp3) is 0.267. The van der Waals surface area contributed by atoms with Gasteiger partial charge in [-0.2, -0.15) is 0 Å². The first-order valence-corrected chi connectivity index (χ1v) is 6.18. The standard InChI is InChI=1S/C15H19N3O/c1-11-5-4-6-12(17-11)10-19-15-9-13(18(2)3)7-8-14(15)16/h4-9H,10,16H2,1-3H3. The minimum absolute atomic E-state index is 0.419. The molecule has 0 saturated carbocycles. The number of nitrogens with zero attached hydrogens (tertiary/aromatic N) is 2. The molecule has 1 aromatic carbocycles. The lowest BCUT2D eigenvalue weighted by Gasteiger charge is -2.15. The predicted octanol–water partition coefficient (Wildman–Crippen LogP) is 2.62. The van der Waals surface area contributed by atoms with Crippen LogP contribution in [0.4, 0.5) is 11.4 Å². The first-order valence-electron chi connectivity index (χ1n) is 6.18. The second-order valence-electron chi connectivity index (χ2n) is 4.68. The molecule has 2 N–H and O–H groups in total. The molecule has 0 amide bonds. The van der Waals surface area contributed by atoms with Gasteiger partial charge in [0.25, 0.3) is 0 Å². The molecule has 0 aliphatic heterocycles. The SMILES string of the molecule is Cc1cccc(COc2cc(N(C)C)ccc2N)n1. The number of benzene rings is 1. The highest BCUT2D eigenvalue weighted by Crippen LogP contribution is 2.27. The summed E-state index contributed by atoms with van der Waals surface area (Å²) in [7, 11) is 3.97. The van der Waals surface area contributed by atoms with Crippen LogP contribution in [-0.4, -0.2) is 19.1 Å². The molecule has 2 rings (SSSR count). The van der Waals surface area contributed by atoms with Gasteiger partial charge in [-0.15, -0.1) is 0 Å². The second kappa shape index (κ2) is 5.61. The summed E-state index contributed by atoms with van der Waals surface area (Å²) in [6.45, 7) is 2.38. The number of ether oxygens (including phenoxy) is 1. The Hall–Kier alpha value is -2.23. The average molecular weight is 257 g/mol. The predicted molar refractivity (Wildman–Crippen MR) is 78.5 cm³/mol. The third-order valence-corrected chi connectivity index (χ3v) is 2.84. The van der Waals surface area contributed by atoms with E-state index < -0.39 is 0 Å². The van der Waals surface area contributed by atoms with Crippen molar-refractivity contribution in [2.24, 2.45) is 0 Å². The quantitative estimate of drug-likeness (QED) is 0.855. The Balaban J connectivity index is 2.12. The number of hydrogen-bond acceptors (Lipinski definition) is 4. The number of pyridine rings is 1. The third-order valence-electron chi connectivity index (χ3n) is 2.84. The summed E-state index contributed by atoms with van der Waals surface area (Å²) in [5.41, 5.74) is 9.49. The van der Waals surface area contributed by atoms with Gasteiger partial charge in [-0.05, 0) is 31.2 Å². The normalized spacial score (nSPS) is 10.3. The minimum atomic E-state index is 0.419. The molecule has 2 aromatic rings. The molecule has 0 spiro atoms. The third kappa shape index (κ3) is 3.37. The van der Waals surface area contributed by atoms with Gasteiger partial charge in [0.1, 0.15) is 12.4 Å². The van der Waals surface area contributed by atoms with Gasteiger partial charge < -0.3 is 15.4 Å². The molecule has 19 heavy (non-hydrogen) atoms. The van der Waals surface area contributed by atoms with Gasteiger partial charge >= 0.3 is 0 Å². The van der Waals surface area contributed by atoms with Crippen LogP contribution in [0.3, 0.4) is 0 Å². The zero-order chi connectivity index (χ0) is 13.8. The van der Waals surface area contributed by atoms with E-state index in [1.165, 1.54) is 0 Å². The monoisotopic (exact) mass is 257 g/mol. The lowest BCUT2D eigenvalue weighted by molar-refractivity contribution is 0.303. The number of nitrogen functional groups attached to an aromatic ring is 1.